The molecule has 1 aliphatic heterocycles. The molecule has 3 atom stereocenters. The lowest BCUT2D eigenvalue weighted by Gasteiger charge is -2.13. The zero-order valence-electron chi connectivity index (χ0n) is 13.6. The zero-order valence-corrected chi connectivity index (χ0v) is 12.6. The fourth-order valence-corrected chi connectivity index (χ4v) is 2.04. The van der Waals surface area contributed by atoms with Gasteiger partial charge in [0.15, 0.2) is 0 Å². The topological polar surface area (TPSA) is 113 Å². The highest BCUT2D eigenvalue weighted by Crippen LogP contribution is 2.26. The summed E-state index contributed by atoms with van der Waals surface area (Å²) < 4.78 is 49.6. The Morgan fingerprint density at radius 2 is 2.32 bits per heavy atom. The number of amides is 1. The lowest BCUT2D eigenvalue weighted by atomic mass is 10.2. The molecule has 3 unspecified atom stereocenters. The number of aromatic amines is 1. The number of hydrogen-bond donors (Lipinski definition) is 3. The lowest BCUT2D eigenvalue weighted by molar-refractivity contribution is -0.173. The van der Waals surface area contributed by atoms with Crippen LogP contribution in [0, 0.1) is 11.8 Å². The number of nitrogens with one attached hydrogen (secondary N) is 2. The highest BCUT2D eigenvalue weighted by Gasteiger charge is 2.38. The lowest BCUT2D eigenvalue weighted by Crippen LogP contribution is -2.37. The normalized spacial score (nSPS) is 23.5. The van der Waals surface area contributed by atoms with Gasteiger partial charge in [0.05, 0.1) is 18.8 Å². The smallest absolute Gasteiger partial charge is 0.390 e. The Kier molecular flexibility index (Phi) is 4.91. The van der Waals surface area contributed by atoms with E-state index in [-0.39, 0.29) is 18.9 Å². The van der Waals surface area contributed by atoms with Gasteiger partial charge in [-0.3, -0.25) is 19.1 Å². The van der Waals surface area contributed by atoms with E-state index in [1.165, 1.54) is 5.32 Å². The molecule has 0 radical (unpaired) electrons. The highest BCUT2D eigenvalue weighted by molar-refractivity contribution is 5.81. The predicted octanol–water partition coefficient (Wildman–Crippen LogP) is -0.765. The van der Waals surface area contributed by atoms with E-state index < -0.39 is 48.3 Å². The van der Waals surface area contributed by atoms with Crippen LogP contribution in [0.15, 0.2) is 15.8 Å². The first-order valence-corrected chi connectivity index (χ1v) is 6.95. The van der Waals surface area contributed by atoms with Gasteiger partial charge in [0.2, 0.25) is 0 Å². The summed E-state index contributed by atoms with van der Waals surface area (Å²) in [6, 6.07) is 0. The van der Waals surface area contributed by atoms with Crippen molar-refractivity contribution >= 4 is 5.91 Å². The second-order valence-electron chi connectivity index (χ2n) is 5.12. The highest BCUT2D eigenvalue weighted by atomic mass is 19.4. The standard InChI is InChI=1S/C14H14F3N3O5/c1-7-9(21)5-10(25-7)20-6-8(11(22)19-13(20)24)3-2-4-18-12(23)14(15,16)17/h6-7,9-10,21H,4-5H2,1H3,(H,18,23)(H,19,22,24)/i1D. The summed E-state index contributed by atoms with van der Waals surface area (Å²) in [5.74, 6) is 2.26. The number of nitrogens with zero attached hydrogens (tertiary/aromatic N) is 1. The van der Waals surface area contributed by atoms with Crippen LogP contribution < -0.4 is 16.6 Å². The Morgan fingerprint density at radius 1 is 1.60 bits per heavy atom. The number of halogens is 3. The number of carbonyl (C=O) groups is 1. The molecule has 1 aromatic heterocycles. The number of aliphatic hydroxyl groups excluding tert-OH is 1. The molecule has 1 aliphatic rings. The molecular weight excluding hydrogens is 347 g/mol. The first-order valence-electron chi connectivity index (χ1n) is 7.66. The van der Waals surface area contributed by atoms with E-state index in [4.69, 9.17) is 6.11 Å². The molecule has 0 spiro atoms. The molecule has 1 saturated heterocycles. The average molecular weight is 362 g/mol. The first-order chi connectivity index (χ1) is 12.1. The summed E-state index contributed by atoms with van der Waals surface area (Å²) >= 11 is 0. The van der Waals surface area contributed by atoms with Crippen molar-refractivity contribution in [2.24, 2.45) is 0 Å². The Bertz CT molecular complexity index is 854. The number of aliphatic hydroxyl groups is 1. The van der Waals surface area contributed by atoms with Crippen LogP contribution in [0.4, 0.5) is 13.2 Å². The average Bonchev–Trinajstić information content (AvgIpc) is 2.92. The van der Waals surface area contributed by atoms with Gasteiger partial charge in [0, 0.05) is 14.0 Å². The molecule has 0 saturated carbocycles. The van der Waals surface area contributed by atoms with Gasteiger partial charge in [0.25, 0.3) is 5.56 Å². The summed E-state index contributed by atoms with van der Waals surface area (Å²) in [6.07, 6.45) is -6.64. The fraction of sp³-hybridized carbons (Fsp3) is 0.500. The van der Waals surface area contributed by atoms with Crippen LogP contribution >= 0.6 is 0 Å². The number of ether oxygens (including phenoxy) is 1. The van der Waals surface area contributed by atoms with E-state index in [1.807, 2.05) is 4.98 Å². The number of aromatic nitrogens is 2. The molecule has 2 heterocycles. The van der Waals surface area contributed by atoms with E-state index in [0.29, 0.717) is 0 Å². The summed E-state index contributed by atoms with van der Waals surface area (Å²) in [5.41, 5.74) is -1.93. The number of carbonyl (C=O) groups excluding carboxylic acids is 1. The Morgan fingerprint density at radius 3 is 2.92 bits per heavy atom. The van der Waals surface area contributed by atoms with Crippen molar-refractivity contribution in [1.82, 2.24) is 14.9 Å². The molecule has 8 nitrogen and oxygen atoms in total. The van der Waals surface area contributed by atoms with E-state index in [2.05, 4.69) is 11.8 Å². The monoisotopic (exact) mass is 362 g/mol. The van der Waals surface area contributed by atoms with Crippen molar-refractivity contribution in [3.05, 3.63) is 32.6 Å². The maximum Gasteiger partial charge on any atom is 0.471 e. The summed E-state index contributed by atoms with van der Waals surface area (Å²) in [6.45, 7) is -0.877. The first kappa shape index (κ1) is 17.2. The Hall–Kier alpha value is -2.58. The number of alkyl halides is 3. The fourth-order valence-electron chi connectivity index (χ4n) is 2.04. The van der Waals surface area contributed by atoms with Crippen molar-refractivity contribution in [3.8, 4) is 11.8 Å². The zero-order chi connectivity index (χ0) is 19.5. The quantitative estimate of drug-likeness (QED) is 0.599. The van der Waals surface area contributed by atoms with E-state index >= 15 is 0 Å². The molecule has 0 aliphatic carbocycles. The largest absolute Gasteiger partial charge is 0.471 e. The van der Waals surface area contributed by atoms with E-state index in [0.717, 1.165) is 10.8 Å². The minimum atomic E-state index is -5.04. The molecule has 11 heteroatoms. The van der Waals surface area contributed by atoms with Crippen LogP contribution in [-0.4, -0.2) is 45.5 Å². The molecule has 25 heavy (non-hydrogen) atoms. The van der Waals surface area contributed by atoms with Gasteiger partial charge in [-0.25, -0.2) is 4.79 Å². The van der Waals surface area contributed by atoms with Gasteiger partial charge in [-0.2, -0.15) is 13.2 Å². The maximum atomic E-state index is 12.0. The third kappa shape index (κ3) is 4.49. The van der Waals surface area contributed by atoms with Crippen LogP contribution in [0.2, 0.25) is 0 Å². The Labute approximate surface area is 140 Å². The molecule has 2 rings (SSSR count). The van der Waals surface area contributed by atoms with Gasteiger partial charge in [-0.1, -0.05) is 11.8 Å². The van der Waals surface area contributed by atoms with Crippen LogP contribution in [0.5, 0.6) is 0 Å². The summed E-state index contributed by atoms with van der Waals surface area (Å²) in [5, 5.41) is 11.2. The third-order valence-electron chi connectivity index (χ3n) is 3.30. The maximum absolute atomic E-state index is 12.0. The predicted molar refractivity (Wildman–Crippen MR) is 77.5 cm³/mol. The van der Waals surface area contributed by atoms with Gasteiger partial charge < -0.3 is 15.2 Å². The van der Waals surface area contributed by atoms with Crippen LogP contribution in [-0.2, 0) is 9.53 Å². The van der Waals surface area contributed by atoms with Crippen molar-refractivity contribution in [3.63, 3.8) is 0 Å². The number of hydrogen-bond acceptors (Lipinski definition) is 5. The van der Waals surface area contributed by atoms with E-state index in [1.54, 1.807) is 0 Å². The van der Waals surface area contributed by atoms with Crippen molar-refractivity contribution in [2.45, 2.75) is 37.9 Å². The molecule has 1 amide bonds. The molecule has 1 fully saturated rings. The second-order valence-corrected chi connectivity index (χ2v) is 5.12. The summed E-state index contributed by atoms with van der Waals surface area (Å²) in [7, 11) is 0. The van der Waals surface area contributed by atoms with Crippen molar-refractivity contribution < 1.29 is 29.2 Å². The van der Waals surface area contributed by atoms with Gasteiger partial charge >= 0.3 is 17.8 Å². The van der Waals surface area contributed by atoms with Gasteiger partial charge in [-0.15, -0.1) is 0 Å². The SMILES string of the molecule is [2H]CC1OC(n2cc(C#CCNC(=O)C(F)(F)F)c(=O)[nH]c2=O)CC1O. The molecule has 3 N–H and O–H groups in total. The molecule has 0 bridgehead atoms. The van der Waals surface area contributed by atoms with E-state index in [9.17, 15) is 32.7 Å². The number of rotatable bonds is 2. The minimum Gasteiger partial charge on any atom is -0.390 e. The van der Waals surface area contributed by atoms with Crippen molar-refractivity contribution in [1.29, 1.82) is 0 Å². The third-order valence-corrected chi connectivity index (χ3v) is 3.30. The van der Waals surface area contributed by atoms with Crippen LogP contribution in [0.3, 0.4) is 0 Å². The van der Waals surface area contributed by atoms with Gasteiger partial charge in [0.1, 0.15) is 11.8 Å². The summed E-state index contributed by atoms with van der Waals surface area (Å²) in [4.78, 5) is 36.2. The Balaban J connectivity index is 2.17. The van der Waals surface area contributed by atoms with Crippen LogP contribution in [0.25, 0.3) is 0 Å². The molecular formula is C14H14F3N3O5. The molecule has 0 aromatic carbocycles. The minimum absolute atomic E-state index is 0.0179. The molecule has 136 valence electrons. The second kappa shape index (κ2) is 7.12. The van der Waals surface area contributed by atoms with Crippen LogP contribution in [0.1, 0.15) is 26.5 Å². The molecule has 1 aromatic rings. The van der Waals surface area contributed by atoms with Gasteiger partial charge in [-0.05, 0) is 6.90 Å². The number of H-pyrrole nitrogens is 1. The van der Waals surface area contributed by atoms with Crippen molar-refractivity contribution in [2.75, 3.05) is 6.54 Å².